The van der Waals surface area contributed by atoms with Crippen molar-refractivity contribution in [3.8, 4) is 5.82 Å². The van der Waals surface area contributed by atoms with Crippen LogP contribution in [0.5, 0.6) is 0 Å². The van der Waals surface area contributed by atoms with Crippen LogP contribution in [0.3, 0.4) is 0 Å². The Bertz CT molecular complexity index is 1010. The van der Waals surface area contributed by atoms with Crippen molar-refractivity contribution in [2.24, 2.45) is 0 Å². The summed E-state index contributed by atoms with van der Waals surface area (Å²) in [7, 11) is 0. The molecule has 2 amide bonds. The summed E-state index contributed by atoms with van der Waals surface area (Å²) in [6.07, 6.45) is 6.02. The van der Waals surface area contributed by atoms with E-state index in [1.54, 1.807) is 41.3 Å². The smallest absolute Gasteiger partial charge is 0.259 e. The molecule has 1 fully saturated rings. The van der Waals surface area contributed by atoms with Gasteiger partial charge in [-0.25, -0.2) is 9.67 Å². The molecule has 1 saturated heterocycles. The van der Waals surface area contributed by atoms with Gasteiger partial charge >= 0.3 is 0 Å². The molecule has 1 aromatic carbocycles. The molecule has 0 unspecified atom stereocenters. The lowest BCUT2D eigenvalue weighted by Gasteiger charge is -2.15. The first-order chi connectivity index (χ1) is 14.2. The van der Waals surface area contributed by atoms with Crippen molar-refractivity contribution >= 4 is 17.5 Å². The van der Waals surface area contributed by atoms with Gasteiger partial charge in [0, 0.05) is 30.5 Å². The van der Waals surface area contributed by atoms with Gasteiger partial charge in [0.1, 0.15) is 0 Å². The summed E-state index contributed by atoms with van der Waals surface area (Å²) >= 11 is 0. The number of rotatable bonds is 5. The summed E-state index contributed by atoms with van der Waals surface area (Å²) in [5.41, 5.74) is 2.58. The van der Waals surface area contributed by atoms with E-state index in [1.165, 1.54) is 0 Å². The molecule has 1 aliphatic rings. The molecule has 0 aliphatic carbocycles. The third kappa shape index (κ3) is 3.89. The normalized spacial score (nSPS) is 13.5. The highest BCUT2D eigenvalue weighted by atomic mass is 16.2. The number of carbonyl (C=O) groups excluding carboxylic acids is 2. The molecule has 0 atom stereocenters. The zero-order valence-corrected chi connectivity index (χ0v) is 16.3. The number of aromatic nitrogens is 3. The van der Waals surface area contributed by atoms with Crippen LogP contribution in [-0.2, 0) is 6.42 Å². The quantitative estimate of drug-likeness (QED) is 0.726. The number of amides is 2. The van der Waals surface area contributed by atoms with Gasteiger partial charge in [0.05, 0.1) is 17.5 Å². The monoisotopic (exact) mass is 389 g/mol. The minimum absolute atomic E-state index is 0.0466. The van der Waals surface area contributed by atoms with Gasteiger partial charge in [-0.05, 0) is 55.7 Å². The second-order valence-electron chi connectivity index (χ2n) is 6.99. The van der Waals surface area contributed by atoms with E-state index in [-0.39, 0.29) is 11.8 Å². The molecule has 2 aromatic heterocycles. The largest absolute Gasteiger partial charge is 0.339 e. The Morgan fingerprint density at radius 3 is 2.48 bits per heavy atom. The number of likely N-dealkylation sites (tertiary alicyclic amines) is 1. The standard InChI is InChI=1S/C22H23N5O2/c1-2-19-18(15-24-27(19)20-7-3-4-12-23-20)21(28)25-17-10-8-16(9-11-17)22(29)26-13-5-6-14-26/h3-4,7-12,15H,2,5-6,13-14H2,1H3,(H,25,28). The van der Waals surface area contributed by atoms with Crippen molar-refractivity contribution in [3.63, 3.8) is 0 Å². The Kier molecular flexibility index (Phi) is 5.37. The van der Waals surface area contributed by atoms with Crippen molar-refractivity contribution in [1.82, 2.24) is 19.7 Å². The highest BCUT2D eigenvalue weighted by molar-refractivity contribution is 6.05. The number of anilines is 1. The summed E-state index contributed by atoms with van der Waals surface area (Å²) < 4.78 is 1.69. The van der Waals surface area contributed by atoms with E-state index >= 15 is 0 Å². The molecule has 0 radical (unpaired) electrons. The van der Waals surface area contributed by atoms with Crippen LogP contribution in [0.25, 0.3) is 5.82 Å². The molecular formula is C22H23N5O2. The fourth-order valence-corrected chi connectivity index (χ4v) is 3.58. The number of benzene rings is 1. The topological polar surface area (TPSA) is 80.1 Å². The van der Waals surface area contributed by atoms with Crippen molar-refractivity contribution in [3.05, 3.63) is 71.7 Å². The molecule has 1 N–H and O–H groups in total. The van der Waals surface area contributed by atoms with Gasteiger partial charge in [0.25, 0.3) is 11.8 Å². The maximum atomic E-state index is 12.8. The second kappa shape index (κ2) is 8.26. The first-order valence-corrected chi connectivity index (χ1v) is 9.86. The van der Waals surface area contributed by atoms with Crippen molar-refractivity contribution in [2.45, 2.75) is 26.2 Å². The lowest BCUT2D eigenvalue weighted by atomic mass is 10.1. The number of hydrogen-bond donors (Lipinski definition) is 1. The van der Waals surface area contributed by atoms with Gasteiger partial charge in [-0.1, -0.05) is 13.0 Å². The molecule has 0 bridgehead atoms. The molecule has 148 valence electrons. The molecule has 0 saturated carbocycles. The first-order valence-electron chi connectivity index (χ1n) is 9.86. The molecule has 7 nitrogen and oxygen atoms in total. The fraction of sp³-hybridized carbons (Fsp3) is 0.273. The summed E-state index contributed by atoms with van der Waals surface area (Å²) in [6, 6.07) is 12.6. The van der Waals surface area contributed by atoms with E-state index in [0.29, 0.717) is 29.1 Å². The Labute approximate surface area is 169 Å². The molecule has 0 spiro atoms. The highest BCUT2D eigenvalue weighted by Crippen LogP contribution is 2.18. The minimum atomic E-state index is -0.234. The number of carbonyl (C=O) groups is 2. The average Bonchev–Trinajstić information content (AvgIpc) is 3.44. The van der Waals surface area contributed by atoms with Crippen molar-refractivity contribution in [2.75, 3.05) is 18.4 Å². The lowest BCUT2D eigenvalue weighted by molar-refractivity contribution is 0.0792. The van der Waals surface area contributed by atoms with Crippen LogP contribution in [0.4, 0.5) is 5.69 Å². The van der Waals surface area contributed by atoms with Crippen LogP contribution >= 0.6 is 0 Å². The zero-order chi connectivity index (χ0) is 20.2. The van der Waals surface area contributed by atoms with E-state index in [0.717, 1.165) is 31.6 Å². The Hall–Kier alpha value is -3.48. The molecule has 3 heterocycles. The third-order valence-electron chi connectivity index (χ3n) is 5.10. The highest BCUT2D eigenvalue weighted by Gasteiger charge is 2.20. The number of nitrogens with one attached hydrogen (secondary N) is 1. The molecule has 7 heteroatoms. The van der Waals surface area contributed by atoms with Gasteiger partial charge in [0.2, 0.25) is 0 Å². The van der Waals surface area contributed by atoms with E-state index in [4.69, 9.17) is 0 Å². The summed E-state index contributed by atoms with van der Waals surface area (Å²) in [5.74, 6) is 0.487. The Morgan fingerprint density at radius 1 is 1.07 bits per heavy atom. The molecule has 3 aromatic rings. The van der Waals surface area contributed by atoms with Crippen LogP contribution in [0.1, 0.15) is 46.2 Å². The maximum Gasteiger partial charge on any atom is 0.259 e. The van der Waals surface area contributed by atoms with Crippen LogP contribution < -0.4 is 5.32 Å². The van der Waals surface area contributed by atoms with Crippen molar-refractivity contribution < 1.29 is 9.59 Å². The number of hydrogen-bond acceptors (Lipinski definition) is 4. The van der Waals surface area contributed by atoms with Crippen LogP contribution in [-0.4, -0.2) is 44.6 Å². The van der Waals surface area contributed by atoms with E-state index in [9.17, 15) is 9.59 Å². The molecule has 1 aliphatic heterocycles. The van der Waals surface area contributed by atoms with Crippen LogP contribution in [0, 0.1) is 0 Å². The second-order valence-corrected chi connectivity index (χ2v) is 6.99. The molecule has 4 rings (SSSR count). The summed E-state index contributed by atoms with van der Waals surface area (Å²) in [4.78, 5) is 31.4. The SMILES string of the molecule is CCc1c(C(=O)Nc2ccc(C(=O)N3CCCC3)cc2)cnn1-c1ccccn1. The van der Waals surface area contributed by atoms with E-state index in [2.05, 4.69) is 15.4 Å². The predicted octanol–water partition coefficient (Wildman–Crippen LogP) is 3.32. The van der Waals surface area contributed by atoms with Gasteiger partial charge in [0.15, 0.2) is 5.82 Å². The van der Waals surface area contributed by atoms with Gasteiger partial charge in [-0.3, -0.25) is 9.59 Å². The summed E-state index contributed by atoms with van der Waals surface area (Å²) in [6.45, 7) is 3.61. The van der Waals surface area contributed by atoms with Gasteiger partial charge in [-0.2, -0.15) is 5.10 Å². The van der Waals surface area contributed by atoms with Gasteiger partial charge in [-0.15, -0.1) is 0 Å². The third-order valence-corrected chi connectivity index (χ3v) is 5.10. The number of nitrogens with zero attached hydrogens (tertiary/aromatic N) is 4. The zero-order valence-electron chi connectivity index (χ0n) is 16.3. The predicted molar refractivity (Wildman–Crippen MR) is 110 cm³/mol. The number of pyridine rings is 1. The molecular weight excluding hydrogens is 366 g/mol. The fourth-order valence-electron chi connectivity index (χ4n) is 3.58. The minimum Gasteiger partial charge on any atom is -0.339 e. The first kappa shape index (κ1) is 18.9. The summed E-state index contributed by atoms with van der Waals surface area (Å²) in [5, 5.41) is 7.24. The average molecular weight is 389 g/mol. The van der Waals surface area contributed by atoms with E-state index < -0.39 is 0 Å². The molecule has 29 heavy (non-hydrogen) atoms. The Morgan fingerprint density at radius 2 is 1.83 bits per heavy atom. The lowest BCUT2D eigenvalue weighted by Crippen LogP contribution is -2.27. The Balaban J connectivity index is 1.49. The maximum absolute atomic E-state index is 12.8. The van der Waals surface area contributed by atoms with Gasteiger partial charge < -0.3 is 10.2 Å². The van der Waals surface area contributed by atoms with E-state index in [1.807, 2.05) is 30.0 Å². The van der Waals surface area contributed by atoms with Crippen LogP contribution in [0.15, 0.2) is 54.9 Å². The van der Waals surface area contributed by atoms with Crippen molar-refractivity contribution in [1.29, 1.82) is 0 Å². The van der Waals surface area contributed by atoms with Crippen LogP contribution in [0.2, 0.25) is 0 Å².